The molecule has 58 heavy (non-hydrogen) atoms. The third kappa shape index (κ3) is 12.6. The van der Waals surface area contributed by atoms with E-state index in [-0.39, 0.29) is 53.6 Å². The van der Waals surface area contributed by atoms with Crippen LogP contribution in [0.25, 0.3) is 0 Å². The summed E-state index contributed by atoms with van der Waals surface area (Å²) in [7, 11) is 0. The molecule has 1 heterocycles. The molecular weight excluding hydrogens is 756 g/mol. The number of phenols is 3. The van der Waals surface area contributed by atoms with Crippen molar-refractivity contribution in [3.05, 3.63) is 86.5 Å². The Bertz CT molecular complexity index is 1820. The number of hydrogen-bond acceptors (Lipinski definition) is 15. The van der Waals surface area contributed by atoms with Gasteiger partial charge in [0.05, 0.1) is 36.5 Å². The summed E-state index contributed by atoms with van der Waals surface area (Å²) in [5, 5.41) is 97.4. The van der Waals surface area contributed by atoms with Crippen LogP contribution >= 0.6 is 0 Å². The molecule has 1 fully saturated rings. The maximum atomic E-state index is 12.9. The monoisotopic (exact) mass is 812 g/mol. The van der Waals surface area contributed by atoms with Crippen LogP contribution in [0.2, 0.25) is 0 Å². The van der Waals surface area contributed by atoms with Gasteiger partial charge in [0, 0.05) is 62.5 Å². The van der Waals surface area contributed by atoms with Gasteiger partial charge in [-0.05, 0) is 75.2 Å². The van der Waals surface area contributed by atoms with E-state index < -0.39 is 56.2 Å². The Morgan fingerprint density at radius 2 is 0.759 bits per heavy atom. The molecule has 0 saturated carbocycles. The molecule has 0 bridgehead atoms. The molecule has 18 nitrogen and oxygen atoms in total. The summed E-state index contributed by atoms with van der Waals surface area (Å²) in [5.74, 6) is -3.11. The highest BCUT2D eigenvalue weighted by molar-refractivity contribution is 5.98. The topological polar surface area (TPSA) is 279 Å². The zero-order chi connectivity index (χ0) is 42.7. The third-order valence-electron chi connectivity index (χ3n) is 9.74. The lowest BCUT2D eigenvalue weighted by molar-refractivity contribution is 0.0540. The van der Waals surface area contributed by atoms with Crippen molar-refractivity contribution in [2.75, 3.05) is 59.1 Å². The van der Waals surface area contributed by atoms with Gasteiger partial charge in [0.1, 0.15) is 35.9 Å². The molecule has 3 aromatic carbocycles. The van der Waals surface area contributed by atoms with E-state index >= 15 is 0 Å². The van der Waals surface area contributed by atoms with E-state index in [1.54, 1.807) is 39.0 Å². The molecular formula is C40H56N6O12. The van der Waals surface area contributed by atoms with Gasteiger partial charge in [-0.2, -0.15) is 0 Å². The maximum Gasteiger partial charge on any atom is 0.257 e. The lowest BCUT2D eigenvalue weighted by Crippen LogP contribution is -2.42. The minimum atomic E-state index is -1.52. The van der Waals surface area contributed by atoms with Crippen molar-refractivity contribution >= 4 is 17.7 Å². The fourth-order valence-electron chi connectivity index (χ4n) is 6.88. The van der Waals surface area contributed by atoms with Gasteiger partial charge in [-0.25, -0.2) is 0 Å². The first-order valence-corrected chi connectivity index (χ1v) is 19.0. The Morgan fingerprint density at radius 1 is 0.500 bits per heavy atom. The van der Waals surface area contributed by atoms with E-state index in [0.717, 1.165) is 0 Å². The Kier molecular flexibility index (Phi) is 16.8. The minimum Gasteiger partial charge on any atom is -0.507 e. The highest BCUT2D eigenvalue weighted by Crippen LogP contribution is 2.30. The van der Waals surface area contributed by atoms with Gasteiger partial charge in [0.25, 0.3) is 17.7 Å². The zero-order valence-electron chi connectivity index (χ0n) is 33.0. The van der Waals surface area contributed by atoms with Crippen molar-refractivity contribution in [1.82, 2.24) is 30.7 Å². The molecule has 3 amide bonds. The third-order valence-corrected chi connectivity index (χ3v) is 9.74. The Labute approximate surface area is 336 Å². The smallest absolute Gasteiger partial charge is 0.257 e. The number of phenolic OH excluding ortho intramolecular Hbond substituents is 3. The zero-order valence-corrected chi connectivity index (χ0v) is 33.0. The fourth-order valence-corrected chi connectivity index (χ4v) is 6.88. The number of aryl methyl sites for hydroxylation is 3. The quantitative estimate of drug-likeness (QED) is 0.0826. The molecule has 3 atom stereocenters. The van der Waals surface area contributed by atoms with E-state index in [1.807, 2.05) is 0 Å². The van der Waals surface area contributed by atoms with Crippen molar-refractivity contribution in [2.24, 2.45) is 0 Å². The second-order valence-electron chi connectivity index (χ2n) is 14.7. The standard InChI is InChI=1S/C40H56N6O12/c1-23-11-26(35(53)29(14-23)38(56)41-32(50)20-47)17-44-5-4-6-45(18-27-12-24(2)15-30(36(27)54)39(57)42-33(51)21-48)8-10-46(9-7-44)19-28-13-25(3)16-31(37(28)55)40(58)43-34(52)22-49/h11-16,32-34,47-55H,4-10,17-22H2,1-3H3,(H,41,56)(H,42,57)(H,43,58). The van der Waals surface area contributed by atoms with Crippen molar-refractivity contribution in [2.45, 2.75) is 65.5 Å². The van der Waals surface area contributed by atoms with Crippen LogP contribution < -0.4 is 16.0 Å². The average Bonchev–Trinajstić information content (AvgIpc) is 3.18. The molecule has 0 aromatic heterocycles. The van der Waals surface area contributed by atoms with E-state index in [1.165, 1.54) is 18.2 Å². The number of aliphatic hydroxyl groups is 6. The Morgan fingerprint density at radius 3 is 1.02 bits per heavy atom. The summed E-state index contributed by atoms with van der Waals surface area (Å²) in [6, 6.07) is 9.72. The normalized spacial score (nSPS) is 16.3. The van der Waals surface area contributed by atoms with Gasteiger partial charge >= 0.3 is 0 Å². The number of nitrogens with one attached hydrogen (secondary N) is 3. The summed E-state index contributed by atoms with van der Waals surface area (Å²) in [4.78, 5) is 44.9. The summed E-state index contributed by atoms with van der Waals surface area (Å²) >= 11 is 0. The molecule has 0 radical (unpaired) electrons. The van der Waals surface area contributed by atoms with Gasteiger partial charge in [-0.1, -0.05) is 18.2 Å². The number of amides is 3. The molecule has 4 rings (SSSR count). The second-order valence-corrected chi connectivity index (χ2v) is 14.7. The average molecular weight is 813 g/mol. The summed E-state index contributed by atoms with van der Waals surface area (Å²) < 4.78 is 0. The van der Waals surface area contributed by atoms with E-state index in [4.69, 9.17) is 0 Å². The largest absolute Gasteiger partial charge is 0.507 e. The number of aromatic hydroxyl groups is 3. The molecule has 18 heteroatoms. The second kappa shape index (κ2) is 21.2. The molecule has 3 unspecified atom stereocenters. The Balaban J connectivity index is 1.66. The van der Waals surface area contributed by atoms with Crippen LogP contribution in [0.15, 0.2) is 36.4 Å². The number of hydrogen-bond donors (Lipinski definition) is 12. The molecule has 0 spiro atoms. The molecule has 0 aliphatic carbocycles. The van der Waals surface area contributed by atoms with Gasteiger partial charge < -0.3 is 61.9 Å². The van der Waals surface area contributed by atoms with Crippen LogP contribution in [0.3, 0.4) is 0 Å². The number of benzene rings is 3. The van der Waals surface area contributed by atoms with Gasteiger partial charge in [0.2, 0.25) is 0 Å². The summed E-state index contributed by atoms with van der Waals surface area (Å²) in [5.41, 5.74) is 3.20. The van der Waals surface area contributed by atoms with Crippen LogP contribution in [-0.2, 0) is 19.6 Å². The number of nitrogens with zero attached hydrogens (tertiary/aromatic N) is 3. The van der Waals surface area contributed by atoms with Crippen LogP contribution in [0.5, 0.6) is 17.2 Å². The van der Waals surface area contributed by atoms with E-state index in [2.05, 4.69) is 30.7 Å². The first-order valence-electron chi connectivity index (χ1n) is 19.0. The SMILES string of the molecule is Cc1cc(CN2CCCN(Cc3cc(C)cc(C(=O)NC(O)CO)c3O)CCN(Cc3cc(C)cc(C(=O)NC(O)CO)c3O)CC2)c(O)c(C(=O)NC(O)CO)c1. The highest BCUT2D eigenvalue weighted by atomic mass is 16.3. The van der Waals surface area contributed by atoms with Gasteiger partial charge in [0.15, 0.2) is 0 Å². The number of carbonyl (C=O) groups is 3. The molecule has 1 aliphatic rings. The number of rotatable bonds is 15. The van der Waals surface area contributed by atoms with Crippen molar-refractivity contribution in [3.8, 4) is 17.2 Å². The predicted molar refractivity (Wildman–Crippen MR) is 211 cm³/mol. The highest BCUT2D eigenvalue weighted by Gasteiger charge is 2.25. The molecule has 1 saturated heterocycles. The Hall–Kier alpha value is -4.89. The van der Waals surface area contributed by atoms with Crippen LogP contribution in [0, 0.1) is 20.8 Å². The first-order chi connectivity index (χ1) is 27.5. The van der Waals surface area contributed by atoms with E-state index in [9.17, 15) is 60.3 Å². The lowest BCUT2D eigenvalue weighted by atomic mass is 10.0. The van der Waals surface area contributed by atoms with Crippen LogP contribution in [0.1, 0.15) is 70.9 Å². The van der Waals surface area contributed by atoms with Gasteiger partial charge in [-0.15, -0.1) is 0 Å². The van der Waals surface area contributed by atoms with Gasteiger partial charge in [-0.3, -0.25) is 29.1 Å². The van der Waals surface area contributed by atoms with Crippen molar-refractivity contribution in [1.29, 1.82) is 0 Å². The minimum absolute atomic E-state index is 0.0606. The summed E-state index contributed by atoms with van der Waals surface area (Å²) in [6.07, 6.45) is -3.91. The van der Waals surface area contributed by atoms with Crippen molar-refractivity contribution in [3.63, 3.8) is 0 Å². The van der Waals surface area contributed by atoms with Crippen LogP contribution in [0.4, 0.5) is 0 Å². The molecule has 12 N–H and O–H groups in total. The fraction of sp³-hybridized carbons (Fsp3) is 0.475. The first kappa shape index (κ1) is 45.8. The van der Waals surface area contributed by atoms with E-state index in [0.29, 0.717) is 79.1 Å². The maximum absolute atomic E-state index is 12.9. The predicted octanol–water partition coefficient (Wildman–Crippen LogP) is -0.940. The number of aliphatic hydroxyl groups excluding tert-OH is 6. The molecule has 1 aliphatic heterocycles. The summed E-state index contributed by atoms with van der Waals surface area (Å²) in [6.45, 7) is 6.74. The van der Waals surface area contributed by atoms with Crippen LogP contribution in [-0.4, -0.2) is 156 Å². The van der Waals surface area contributed by atoms with Crippen molar-refractivity contribution < 1.29 is 60.3 Å². The molecule has 3 aromatic rings. The lowest BCUT2D eigenvalue weighted by Gasteiger charge is -2.33. The molecule has 318 valence electrons. The number of carbonyl (C=O) groups excluding carboxylic acids is 3.